The van der Waals surface area contributed by atoms with E-state index in [1.807, 2.05) is 30.3 Å². The smallest absolute Gasteiger partial charge is 0.262 e. The van der Waals surface area contributed by atoms with E-state index >= 15 is 0 Å². The highest BCUT2D eigenvalue weighted by Gasteiger charge is 2.22. The molecule has 3 rings (SSSR count). The molecule has 0 atom stereocenters. The minimum Gasteiger partial charge on any atom is -0.302 e. The molecule has 0 bridgehead atoms. The van der Waals surface area contributed by atoms with Gasteiger partial charge in [-0.05, 0) is 24.3 Å². The number of benzene rings is 2. The number of primary sulfonamides is 1. The summed E-state index contributed by atoms with van der Waals surface area (Å²) in [6.07, 6.45) is 1.35. The molecule has 118 valence electrons. The summed E-state index contributed by atoms with van der Waals surface area (Å²) in [6.45, 7) is 0. The predicted octanol–water partition coefficient (Wildman–Crippen LogP) is 1.73. The molecule has 0 radical (unpaired) electrons. The van der Waals surface area contributed by atoms with Gasteiger partial charge in [0.25, 0.3) is 5.56 Å². The molecule has 1 aromatic heterocycles. The number of nitrogens with two attached hydrogens (primary N) is 1. The molecule has 0 saturated carbocycles. The summed E-state index contributed by atoms with van der Waals surface area (Å²) in [6, 6.07) is 12.5. The van der Waals surface area contributed by atoms with Gasteiger partial charge in [0.1, 0.15) is 4.90 Å². The summed E-state index contributed by atoms with van der Waals surface area (Å²) in [5, 5.41) is 5.39. The predicted molar refractivity (Wildman–Crippen MR) is 88.9 cm³/mol. The van der Waals surface area contributed by atoms with Crippen LogP contribution in [0.25, 0.3) is 10.9 Å². The van der Waals surface area contributed by atoms with Gasteiger partial charge in [-0.3, -0.25) is 4.79 Å². The number of rotatable bonds is 3. The van der Waals surface area contributed by atoms with Crippen molar-refractivity contribution in [2.45, 2.75) is 14.7 Å². The van der Waals surface area contributed by atoms with Gasteiger partial charge in [-0.1, -0.05) is 30.0 Å². The van der Waals surface area contributed by atoms with Crippen LogP contribution in [0.5, 0.6) is 0 Å². The second-order valence-electron chi connectivity index (χ2n) is 4.91. The van der Waals surface area contributed by atoms with E-state index in [1.54, 1.807) is 12.1 Å². The lowest BCUT2D eigenvalue weighted by molar-refractivity contribution is 0.596. The summed E-state index contributed by atoms with van der Waals surface area (Å²) < 4.78 is 25.5. The van der Waals surface area contributed by atoms with Crippen molar-refractivity contribution in [2.75, 3.05) is 0 Å². The standard InChI is InChI=1S/C15H13N3O3S2/c1-18-9-17-11-7-8-12(22-10-5-3-2-4-6-10)14(23(16,20)21)13(11)15(18)19/h2-9H,1H3,(H2,16,20,21). The molecule has 8 heteroatoms. The zero-order chi connectivity index (χ0) is 16.6. The third-order valence-corrected chi connectivity index (χ3v) is 5.45. The number of aryl methyl sites for hydroxylation is 1. The number of sulfonamides is 1. The fraction of sp³-hybridized carbons (Fsp3) is 0.0667. The Balaban J connectivity index is 2.35. The van der Waals surface area contributed by atoms with Gasteiger partial charge in [0.15, 0.2) is 0 Å². The molecule has 0 spiro atoms. The third-order valence-electron chi connectivity index (χ3n) is 3.26. The first-order chi connectivity index (χ1) is 10.9. The molecule has 2 aromatic carbocycles. The Morgan fingerprint density at radius 3 is 2.48 bits per heavy atom. The first-order valence-electron chi connectivity index (χ1n) is 6.62. The molecular weight excluding hydrogens is 334 g/mol. The molecule has 0 amide bonds. The highest BCUT2D eigenvalue weighted by molar-refractivity contribution is 8.00. The highest BCUT2D eigenvalue weighted by atomic mass is 32.2. The number of fused-ring (bicyclic) bond motifs is 1. The van der Waals surface area contributed by atoms with E-state index in [2.05, 4.69) is 4.98 Å². The Morgan fingerprint density at radius 2 is 1.83 bits per heavy atom. The van der Waals surface area contributed by atoms with E-state index in [-0.39, 0.29) is 10.3 Å². The second kappa shape index (κ2) is 5.80. The van der Waals surface area contributed by atoms with Gasteiger partial charge in [-0.25, -0.2) is 18.5 Å². The highest BCUT2D eigenvalue weighted by Crippen LogP contribution is 2.35. The zero-order valence-corrected chi connectivity index (χ0v) is 13.8. The van der Waals surface area contributed by atoms with Gasteiger partial charge >= 0.3 is 0 Å². The van der Waals surface area contributed by atoms with E-state index in [1.165, 1.54) is 29.7 Å². The lowest BCUT2D eigenvalue weighted by Gasteiger charge is -2.11. The zero-order valence-electron chi connectivity index (χ0n) is 12.1. The summed E-state index contributed by atoms with van der Waals surface area (Å²) in [4.78, 5) is 17.6. The van der Waals surface area contributed by atoms with Gasteiger partial charge in [0.05, 0.1) is 17.2 Å². The molecule has 0 unspecified atom stereocenters. The molecule has 0 aliphatic heterocycles. The Kier molecular flexibility index (Phi) is 3.97. The molecule has 23 heavy (non-hydrogen) atoms. The van der Waals surface area contributed by atoms with Crippen molar-refractivity contribution in [3.63, 3.8) is 0 Å². The van der Waals surface area contributed by atoms with Gasteiger partial charge in [-0.15, -0.1) is 0 Å². The minimum absolute atomic E-state index is 0.0124. The maximum Gasteiger partial charge on any atom is 0.262 e. The van der Waals surface area contributed by atoms with Crippen molar-refractivity contribution >= 4 is 32.7 Å². The van der Waals surface area contributed by atoms with Crippen LogP contribution in [-0.2, 0) is 17.1 Å². The van der Waals surface area contributed by atoms with Crippen LogP contribution in [0, 0.1) is 0 Å². The van der Waals surface area contributed by atoms with E-state index < -0.39 is 15.6 Å². The van der Waals surface area contributed by atoms with Crippen LogP contribution >= 0.6 is 11.8 Å². The first-order valence-corrected chi connectivity index (χ1v) is 8.98. The fourth-order valence-electron chi connectivity index (χ4n) is 2.22. The Hall–Kier alpha value is -2.16. The number of nitrogens with zero attached hydrogens (tertiary/aromatic N) is 2. The maximum absolute atomic E-state index is 12.4. The van der Waals surface area contributed by atoms with Crippen molar-refractivity contribution in [1.82, 2.24) is 9.55 Å². The van der Waals surface area contributed by atoms with Crippen molar-refractivity contribution in [3.05, 3.63) is 59.1 Å². The van der Waals surface area contributed by atoms with Crippen LogP contribution in [0.1, 0.15) is 0 Å². The summed E-state index contributed by atoms with van der Waals surface area (Å²) in [5.74, 6) is 0. The maximum atomic E-state index is 12.4. The first kappa shape index (κ1) is 15.7. The molecule has 0 fully saturated rings. The second-order valence-corrected chi connectivity index (χ2v) is 7.52. The lowest BCUT2D eigenvalue weighted by Crippen LogP contribution is -2.22. The molecule has 2 N–H and O–H groups in total. The number of hydrogen-bond acceptors (Lipinski definition) is 5. The monoisotopic (exact) mass is 347 g/mol. The molecule has 6 nitrogen and oxygen atoms in total. The Morgan fingerprint density at radius 1 is 1.13 bits per heavy atom. The van der Waals surface area contributed by atoms with E-state index in [4.69, 9.17) is 5.14 Å². The van der Waals surface area contributed by atoms with Crippen LogP contribution < -0.4 is 10.7 Å². The SMILES string of the molecule is Cn1cnc2ccc(Sc3ccccc3)c(S(N)(=O)=O)c2c1=O. The van der Waals surface area contributed by atoms with Gasteiger partial charge < -0.3 is 4.57 Å². The fourth-order valence-corrected chi connectivity index (χ4v) is 4.40. The van der Waals surface area contributed by atoms with Crippen molar-refractivity contribution in [1.29, 1.82) is 0 Å². The van der Waals surface area contributed by atoms with Crippen LogP contribution in [0.15, 0.2) is 68.3 Å². The van der Waals surface area contributed by atoms with E-state index in [0.717, 1.165) is 4.90 Å². The molecular formula is C15H13N3O3S2. The van der Waals surface area contributed by atoms with Crippen molar-refractivity contribution in [3.8, 4) is 0 Å². The third kappa shape index (κ3) is 3.00. The van der Waals surface area contributed by atoms with Crippen LogP contribution in [0.2, 0.25) is 0 Å². The average molecular weight is 347 g/mol. The van der Waals surface area contributed by atoms with E-state index in [9.17, 15) is 13.2 Å². The summed E-state index contributed by atoms with van der Waals surface area (Å²) in [5.41, 5.74) is -0.149. The molecule has 1 heterocycles. The van der Waals surface area contributed by atoms with Gasteiger partial charge in [-0.2, -0.15) is 0 Å². The molecule has 0 aliphatic rings. The molecule has 0 saturated heterocycles. The Labute approximate surface area is 137 Å². The largest absolute Gasteiger partial charge is 0.302 e. The van der Waals surface area contributed by atoms with E-state index in [0.29, 0.717) is 10.4 Å². The quantitative estimate of drug-likeness (QED) is 0.778. The summed E-state index contributed by atoms with van der Waals surface area (Å²) >= 11 is 1.24. The molecule has 0 aliphatic carbocycles. The normalized spacial score (nSPS) is 11.7. The number of hydrogen-bond donors (Lipinski definition) is 1. The Bertz CT molecular complexity index is 1040. The summed E-state index contributed by atoms with van der Waals surface area (Å²) in [7, 11) is -2.58. The van der Waals surface area contributed by atoms with Crippen molar-refractivity contribution in [2.24, 2.45) is 12.2 Å². The molecule has 3 aromatic rings. The lowest BCUT2D eigenvalue weighted by atomic mass is 10.2. The van der Waals surface area contributed by atoms with Gasteiger partial charge in [0.2, 0.25) is 10.0 Å². The van der Waals surface area contributed by atoms with Crippen LogP contribution in [0.3, 0.4) is 0 Å². The number of aromatic nitrogens is 2. The van der Waals surface area contributed by atoms with Crippen molar-refractivity contribution < 1.29 is 8.42 Å². The van der Waals surface area contributed by atoms with Crippen LogP contribution in [-0.4, -0.2) is 18.0 Å². The average Bonchev–Trinajstić information content (AvgIpc) is 2.51. The van der Waals surface area contributed by atoms with Gasteiger partial charge in [0, 0.05) is 16.8 Å². The topological polar surface area (TPSA) is 95.1 Å². The van der Waals surface area contributed by atoms with Crippen LogP contribution in [0.4, 0.5) is 0 Å². The minimum atomic E-state index is -4.09.